The van der Waals surface area contributed by atoms with Crippen molar-refractivity contribution in [3.05, 3.63) is 48.0 Å². The van der Waals surface area contributed by atoms with E-state index in [1.807, 2.05) is 31.7 Å². The molecule has 5 aliphatic rings. The van der Waals surface area contributed by atoms with Crippen LogP contribution in [-0.4, -0.2) is 118 Å². The molecular formula is C47H94N6S. The minimum Gasteiger partial charge on any atom is -0.357 e. The molecule has 0 amide bonds. The summed E-state index contributed by atoms with van der Waals surface area (Å²) in [6, 6.07) is 9.59. The second kappa shape index (κ2) is 31.7. The predicted molar refractivity (Wildman–Crippen MR) is 249 cm³/mol. The molecule has 0 N–H and O–H groups in total. The van der Waals surface area contributed by atoms with Gasteiger partial charge in [0, 0.05) is 74.2 Å². The fourth-order valence-corrected chi connectivity index (χ4v) is 9.01. The summed E-state index contributed by atoms with van der Waals surface area (Å²) < 4.78 is 4.18. The second-order valence-electron chi connectivity index (χ2n) is 16.8. The minimum absolute atomic E-state index is 0.443. The van der Waals surface area contributed by atoms with Gasteiger partial charge in [-0.3, -0.25) is 4.90 Å². The summed E-state index contributed by atoms with van der Waals surface area (Å²) in [4.78, 5) is 9.64. The topological polar surface area (TPSA) is 22.8 Å². The number of piperidine rings is 2. The van der Waals surface area contributed by atoms with Crippen molar-refractivity contribution in [3.8, 4) is 0 Å². The van der Waals surface area contributed by atoms with Gasteiger partial charge in [-0.15, -0.1) is 0 Å². The van der Waals surface area contributed by atoms with Crippen molar-refractivity contribution in [1.82, 2.24) is 28.7 Å². The number of rotatable bonds is 1. The van der Waals surface area contributed by atoms with E-state index in [0.29, 0.717) is 10.5 Å². The first-order valence-corrected chi connectivity index (χ1v) is 23.8. The van der Waals surface area contributed by atoms with E-state index in [1.165, 1.54) is 120 Å². The quantitative estimate of drug-likeness (QED) is 0.269. The van der Waals surface area contributed by atoms with Crippen molar-refractivity contribution < 1.29 is 0 Å². The fraction of sp³-hybridized carbons (Fsp3) is 0.809. The Bertz CT molecular complexity index is 1080. The molecule has 1 saturated carbocycles. The maximum Gasteiger partial charge on any atom is 0.0390 e. The molecule has 54 heavy (non-hydrogen) atoms. The molecule has 2 aromatic heterocycles. The number of hydrogen-bond donors (Lipinski definition) is 0. The zero-order chi connectivity index (χ0) is 41.1. The summed E-state index contributed by atoms with van der Waals surface area (Å²) in [6.07, 6.45) is 24.5. The Kier molecular flexibility index (Phi) is 30.9. The van der Waals surface area contributed by atoms with Gasteiger partial charge in [-0.1, -0.05) is 72.1 Å². The summed E-state index contributed by atoms with van der Waals surface area (Å²) in [5.41, 5.74) is 2.72. The van der Waals surface area contributed by atoms with E-state index in [0.717, 1.165) is 36.5 Å². The summed E-state index contributed by atoms with van der Waals surface area (Å²) in [5.74, 6) is 7.58. The zero-order valence-electron chi connectivity index (χ0n) is 38.9. The lowest BCUT2D eigenvalue weighted by molar-refractivity contribution is 0.200. The summed E-state index contributed by atoms with van der Waals surface area (Å²) >= 11 is 0. The molecule has 4 saturated heterocycles. The largest absolute Gasteiger partial charge is 0.357 e. The lowest BCUT2D eigenvalue weighted by Crippen LogP contribution is -2.33. The molecule has 1 aliphatic carbocycles. The van der Waals surface area contributed by atoms with Crippen molar-refractivity contribution in [1.29, 1.82) is 0 Å². The Hall–Kier alpha value is -1.38. The van der Waals surface area contributed by atoms with Crippen LogP contribution in [0, 0.1) is 12.8 Å². The minimum atomic E-state index is 0.443. The molecule has 0 aromatic carbocycles. The molecule has 0 radical (unpaired) electrons. The molecule has 5 fully saturated rings. The van der Waals surface area contributed by atoms with Crippen molar-refractivity contribution in [2.45, 2.75) is 170 Å². The maximum absolute atomic E-state index is 4.02. The van der Waals surface area contributed by atoms with Gasteiger partial charge in [0.15, 0.2) is 0 Å². The van der Waals surface area contributed by atoms with Crippen LogP contribution >= 0.6 is 10.5 Å². The Balaban J connectivity index is 0.000000603. The fourth-order valence-electron chi connectivity index (χ4n) is 7.13. The predicted octanol–water partition coefficient (Wildman–Crippen LogP) is 11.2. The Morgan fingerprint density at radius 1 is 0.611 bits per heavy atom. The Morgan fingerprint density at radius 2 is 1.07 bits per heavy atom. The highest BCUT2D eigenvalue weighted by molar-refractivity contribution is 8.14. The third kappa shape index (κ3) is 25.0. The molecule has 5 atom stereocenters. The van der Waals surface area contributed by atoms with Gasteiger partial charge in [0.2, 0.25) is 0 Å². The number of aromatic nitrogens is 2. The van der Waals surface area contributed by atoms with E-state index in [9.17, 15) is 0 Å². The van der Waals surface area contributed by atoms with Crippen molar-refractivity contribution in [3.63, 3.8) is 0 Å². The standard InChI is InChI=1S/2C7H15N.C7H11N.C6H13NS.C6H9N.C6H13N.C6H12.C2H6/c2*1-7-5-3-4-6-8(7)2;1-3-7-5-4-6-8(7)2;1-6-4-8(3)5-7(6)2;1-6-3-4-7(2)5-6;1-6-4-3-5-7(6)2;1-6-4-2-3-5-6;1-2/h2*7H,3-6H2,1-2H3;4-6H,3H2,1-2H3;6H,3-5H2,1-2H3;3-5H,1-2H3;6H,3-5H2,1-2H3;6H,2-5H2,1H3;1-2H3. The summed E-state index contributed by atoms with van der Waals surface area (Å²) in [5, 5.41) is 0. The van der Waals surface area contributed by atoms with Gasteiger partial charge in [-0.05, 0) is 157 Å². The van der Waals surface area contributed by atoms with Crippen LogP contribution in [0.5, 0.6) is 0 Å². The number of aryl methyl sites for hydroxylation is 4. The van der Waals surface area contributed by atoms with E-state index >= 15 is 0 Å². The van der Waals surface area contributed by atoms with Crippen LogP contribution in [0.2, 0.25) is 0 Å². The van der Waals surface area contributed by atoms with E-state index in [4.69, 9.17) is 0 Å². The molecule has 2 aromatic rings. The lowest BCUT2D eigenvalue weighted by Gasteiger charge is -2.29. The highest BCUT2D eigenvalue weighted by atomic mass is 32.2. The third-order valence-corrected chi connectivity index (χ3v) is 13.5. The first-order chi connectivity index (χ1) is 25.6. The molecule has 6 nitrogen and oxygen atoms in total. The number of nitrogens with zero attached hydrogens (tertiary/aromatic N) is 6. The summed E-state index contributed by atoms with van der Waals surface area (Å²) in [7, 11) is 13.3. The SMILES string of the molecule is C=S1CC(C)N(C)C1.CC.CC1CCCC1.CC1CCCCN1C.CC1CCCCN1C.CC1CCCN1C.CCc1cccn1C.Cc1ccn(C)c1. The van der Waals surface area contributed by atoms with Crippen LogP contribution in [0.15, 0.2) is 36.8 Å². The Labute approximate surface area is 341 Å². The van der Waals surface area contributed by atoms with Gasteiger partial charge in [0.1, 0.15) is 0 Å². The average Bonchev–Trinajstić information content (AvgIpc) is 4.00. The van der Waals surface area contributed by atoms with Gasteiger partial charge in [-0.2, -0.15) is 10.5 Å². The van der Waals surface area contributed by atoms with Crippen LogP contribution in [-0.2, 0) is 20.5 Å². The van der Waals surface area contributed by atoms with Gasteiger partial charge >= 0.3 is 0 Å². The second-order valence-corrected chi connectivity index (χ2v) is 18.7. The van der Waals surface area contributed by atoms with Crippen molar-refractivity contribution >= 4 is 16.4 Å². The monoisotopic (exact) mass is 775 g/mol. The molecule has 7 rings (SSSR count). The molecule has 0 bridgehead atoms. The molecule has 4 aliphatic heterocycles. The van der Waals surface area contributed by atoms with Crippen LogP contribution < -0.4 is 0 Å². The highest BCUT2D eigenvalue weighted by Gasteiger charge is 2.17. The number of hydrogen-bond acceptors (Lipinski definition) is 4. The molecule has 5 unspecified atom stereocenters. The zero-order valence-corrected chi connectivity index (χ0v) is 39.7. The van der Waals surface area contributed by atoms with Crippen LogP contribution in [0.25, 0.3) is 0 Å². The van der Waals surface area contributed by atoms with Crippen molar-refractivity contribution in [2.75, 3.05) is 59.5 Å². The maximum atomic E-state index is 4.02. The molecular weight excluding hydrogens is 681 g/mol. The van der Waals surface area contributed by atoms with Crippen LogP contribution in [0.1, 0.15) is 144 Å². The lowest BCUT2D eigenvalue weighted by atomic mass is 10.1. The smallest absolute Gasteiger partial charge is 0.0390 e. The normalized spacial score (nSPS) is 25.9. The van der Waals surface area contributed by atoms with E-state index in [-0.39, 0.29) is 0 Å². The van der Waals surface area contributed by atoms with Crippen LogP contribution in [0.4, 0.5) is 0 Å². The van der Waals surface area contributed by atoms with Gasteiger partial charge in [0.25, 0.3) is 0 Å². The molecule has 0 spiro atoms. The number of likely N-dealkylation sites (tertiary alicyclic amines) is 3. The highest BCUT2D eigenvalue weighted by Crippen LogP contribution is 2.23. The van der Waals surface area contributed by atoms with E-state index in [2.05, 4.69) is 144 Å². The summed E-state index contributed by atoms with van der Waals surface area (Å²) in [6.45, 7) is 23.7. The molecule has 7 heteroatoms. The average molecular weight is 775 g/mol. The van der Waals surface area contributed by atoms with Gasteiger partial charge in [-0.25, -0.2) is 0 Å². The Morgan fingerprint density at radius 3 is 1.24 bits per heavy atom. The van der Waals surface area contributed by atoms with E-state index in [1.54, 1.807) is 0 Å². The van der Waals surface area contributed by atoms with Crippen LogP contribution in [0.3, 0.4) is 0 Å². The first kappa shape index (κ1) is 52.6. The first-order valence-electron chi connectivity index (χ1n) is 22.1. The third-order valence-electron chi connectivity index (χ3n) is 11.8. The van der Waals surface area contributed by atoms with Gasteiger partial charge < -0.3 is 23.8 Å². The van der Waals surface area contributed by atoms with E-state index < -0.39 is 0 Å². The van der Waals surface area contributed by atoms with Gasteiger partial charge in [0.05, 0.1) is 0 Å². The van der Waals surface area contributed by atoms with Crippen molar-refractivity contribution in [2.24, 2.45) is 20.0 Å². The molecule has 6 heterocycles. The molecule has 318 valence electrons.